The van der Waals surface area contributed by atoms with Crippen LogP contribution in [0.15, 0.2) is 48.5 Å². The Morgan fingerprint density at radius 2 is 1.55 bits per heavy atom. The predicted octanol–water partition coefficient (Wildman–Crippen LogP) is 3.74. The molecule has 31 heavy (non-hydrogen) atoms. The molecule has 1 fully saturated rings. The highest BCUT2D eigenvalue weighted by Gasteiger charge is 2.21. The highest BCUT2D eigenvalue weighted by atomic mass is 16.5. The van der Waals surface area contributed by atoms with Gasteiger partial charge in [-0.3, -0.25) is 25.2 Å². The van der Waals surface area contributed by atoms with Crippen molar-refractivity contribution in [3.8, 4) is 5.75 Å². The fraction of sp³-hybridized carbons (Fsp3) is 0.375. The number of carbonyl (C=O) groups is 3. The van der Waals surface area contributed by atoms with Gasteiger partial charge in [-0.2, -0.15) is 0 Å². The third-order valence-corrected chi connectivity index (χ3v) is 5.39. The van der Waals surface area contributed by atoms with Crippen LogP contribution in [0.3, 0.4) is 0 Å². The molecule has 7 heteroatoms. The number of anilines is 1. The monoisotopic (exact) mass is 423 g/mol. The van der Waals surface area contributed by atoms with Gasteiger partial charge in [0.05, 0.1) is 0 Å². The van der Waals surface area contributed by atoms with Gasteiger partial charge in [-0.1, -0.05) is 37.0 Å². The molecule has 0 aromatic heterocycles. The van der Waals surface area contributed by atoms with Crippen LogP contribution >= 0.6 is 0 Å². The largest absolute Gasteiger partial charge is 0.481 e. The van der Waals surface area contributed by atoms with Crippen molar-refractivity contribution in [2.45, 2.75) is 52.1 Å². The van der Waals surface area contributed by atoms with E-state index in [1.54, 1.807) is 43.3 Å². The lowest BCUT2D eigenvalue weighted by Crippen LogP contribution is -2.47. The molecule has 0 radical (unpaired) electrons. The molecule has 0 bridgehead atoms. The molecule has 0 spiro atoms. The molecule has 2 aromatic carbocycles. The van der Waals surface area contributed by atoms with Crippen molar-refractivity contribution >= 4 is 23.4 Å². The maximum absolute atomic E-state index is 12.3. The van der Waals surface area contributed by atoms with Gasteiger partial charge in [-0.05, 0) is 63.1 Å². The standard InChI is InChI=1S/C24H29N3O4/c1-16-8-14-21(15-9-16)31-17(2)22(28)26-27-24(30)19-10-12-20(13-11-19)25-23(29)18-6-4-3-5-7-18/h8-15,17-18H,3-7H2,1-2H3,(H,25,29)(H,26,28)(H,27,30)/t17-/m0/s1. The molecule has 7 nitrogen and oxygen atoms in total. The second-order valence-corrected chi connectivity index (χ2v) is 7.92. The van der Waals surface area contributed by atoms with Crippen molar-refractivity contribution in [1.29, 1.82) is 0 Å². The summed E-state index contributed by atoms with van der Waals surface area (Å²) in [5.41, 5.74) is 6.86. The summed E-state index contributed by atoms with van der Waals surface area (Å²) in [7, 11) is 0. The first-order valence-electron chi connectivity index (χ1n) is 10.7. The lowest BCUT2D eigenvalue weighted by atomic mass is 9.88. The Balaban J connectivity index is 1.45. The zero-order valence-corrected chi connectivity index (χ0v) is 17.9. The molecule has 1 saturated carbocycles. The number of ether oxygens (including phenoxy) is 1. The molecule has 164 valence electrons. The minimum atomic E-state index is -0.777. The fourth-order valence-electron chi connectivity index (χ4n) is 3.48. The first kappa shape index (κ1) is 22.3. The van der Waals surface area contributed by atoms with E-state index < -0.39 is 17.9 Å². The highest BCUT2D eigenvalue weighted by molar-refractivity contribution is 5.97. The van der Waals surface area contributed by atoms with Crippen LogP contribution < -0.4 is 20.9 Å². The van der Waals surface area contributed by atoms with E-state index in [1.165, 1.54) is 6.42 Å². The molecule has 2 aromatic rings. The number of benzene rings is 2. The third kappa shape index (κ3) is 6.57. The van der Waals surface area contributed by atoms with Crippen LogP contribution in [0, 0.1) is 12.8 Å². The normalized spacial score (nSPS) is 14.9. The van der Waals surface area contributed by atoms with E-state index in [0.29, 0.717) is 17.0 Å². The van der Waals surface area contributed by atoms with Crippen molar-refractivity contribution < 1.29 is 19.1 Å². The van der Waals surface area contributed by atoms with Gasteiger partial charge in [0.1, 0.15) is 5.75 Å². The van der Waals surface area contributed by atoms with Gasteiger partial charge in [-0.15, -0.1) is 0 Å². The summed E-state index contributed by atoms with van der Waals surface area (Å²) in [4.78, 5) is 36.8. The molecule has 1 atom stereocenters. The fourth-order valence-corrected chi connectivity index (χ4v) is 3.48. The van der Waals surface area contributed by atoms with Crippen molar-refractivity contribution in [2.75, 3.05) is 5.32 Å². The van der Waals surface area contributed by atoms with Crippen LogP contribution in [0.4, 0.5) is 5.69 Å². The first-order valence-corrected chi connectivity index (χ1v) is 10.7. The molecule has 3 rings (SSSR count). The molecule has 1 aliphatic carbocycles. The second-order valence-electron chi connectivity index (χ2n) is 7.92. The summed E-state index contributed by atoms with van der Waals surface area (Å²) in [6.45, 7) is 3.57. The van der Waals surface area contributed by atoms with E-state index in [2.05, 4.69) is 16.2 Å². The Morgan fingerprint density at radius 3 is 2.19 bits per heavy atom. The van der Waals surface area contributed by atoms with Crippen LogP contribution in [0.2, 0.25) is 0 Å². The maximum atomic E-state index is 12.3. The quantitative estimate of drug-likeness (QED) is 0.617. The van der Waals surface area contributed by atoms with Crippen molar-refractivity contribution in [3.63, 3.8) is 0 Å². The number of amides is 3. The number of rotatable bonds is 6. The topological polar surface area (TPSA) is 96.5 Å². The van der Waals surface area contributed by atoms with Crippen LogP contribution in [0.25, 0.3) is 0 Å². The molecule has 0 heterocycles. The van der Waals surface area contributed by atoms with Gasteiger partial charge >= 0.3 is 0 Å². The van der Waals surface area contributed by atoms with Crippen molar-refractivity contribution in [3.05, 3.63) is 59.7 Å². The average molecular weight is 424 g/mol. The van der Waals surface area contributed by atoms with Gasteiger partial charge in [0.2, 0.25) is 5.91 Å². The van der Waals surface area contributed by atoms with Crippen LogP contribution in [-0.4, -0.2) is 23.8 Å². The van der Waals surface area contributed by atoms with E-state index in [9.17, 15) is 14.4 Å². The second kappa shape index (κ2) is 10.6. The number of nitrogens with one attached hydrogen (secondary N) is 3. The Labute approximate surface area is 182 Å². The smallest absolute Gasteiger partial charge is 0.279 e. The third-order valence-electron chi connectivity index (χ3n) is 5.39. The van der Waals surface area contributed by atoms with Crippen molar-refractivity contribution in [2.24, 2.45) is 5.92 Å². The van der Waals surface area contributed by atoms with Gasteiger partial charge < -0.3 is 10.1 Å². The summed E-state index contributed by atoms with van der Waals surface area (Å²) >= 11 is 0. The number of hydrogen-bond acceptors (Lipinski definition) is 4. The van der Waals surface area contributed by atoms with E-state index in [-0.39, 0.29) is 11.8 Å². The van der Waals surface area contributed by atoms with Crippen LogP contribution in [0.5, 0.6) is 5.75 Å². The zero-order chi connectivity index (χ0) is 22.2. The lowest BCUT2D eigenvalue weighted by Gasteiger charge is -2.20. The summed E-state index contributed by atoms with van der Waals surface area (Å²) in [5, 5.41) is 2.91. The van der Waals surface area contributed by atoms with Gasteiger partial charge in [0, 0.05) is 17.2 Å². The Kier molecular flexibility index (Phi) is 7.65. The number of hydrogen-bond donors (Lipinski definition) is 3. The number of hydrazine groups is 1. The highest BCUT2D eigenvalue weighted by Crippen LogP contribution is 2.25. The van der Waals surface area contributed by atoms with Gasteiger partial charge in [0.25, 0.3) is 11.8 Å². The van der Waals surface area contributed by atoms with E-state index in [4.69, 9.17) is 4.74 Å². The molecule has 3 N–H and O–H groups in total. The Bertz CT molecular complexity index is 903. The maximum Gasteiger partial charge on any atom is 0.279 e. The van der Waals surface area contributed by atoms with E-state index >= 15 is 0 Å². The van der Waals surface area contributed by atoms with Crippen molar-refractivity contribution in [1.82, 2.24) is 10.9 Å². The van der Waals surface area contributed by atoms with Crippen LogP contribution in [0.1, 0.15) is 54.9 Å². The van der Waals surface area contributed by atoms with Gasteiger partial charge in [0.15, 0.2) is 6.10 Å². The Morgan fingerprint density at radius 1 is 0.903 bits per heavy atom. The Hall–Kier alpha value is -3.35. The summed E-state index contributed by atoms with van der Waals surface area (Å²) in [6, 6.07) is 13.9. The molecule has 0 aliphatic heterocycles. The van der Waals surface area contributed by atoms with Crippen LogP contribution in [-0.2, 0) is 9.59 Å². The SMILES string of the molecule is Cc1ccc(O[C@@H](C)C(=O)NNC(=O)c2ccc(NC(=O)C3CCCCC3)cc2)cc1. The molecule has 1 aliphatic rings. The summed E-state index contributed by atoms with van der Waals surface area (Å²) in [5.74, 6) is -0.250. The molecular weight excluding hydrogens is 394 g/mol. The molecule has 0 saturated heterocycles. The summed E-state index contributed by atoms with van der Waals surface area (Å²) < 4.78 is 5.57. The van der Waals surface area contributed by atoms with E-state index in [1.807, 2.05) is 19.1 Å². The minimum Gasteiger partial charge on any atom is -0.481 e. The minimum absolute atomic E-state index is 0.0340. The summed E-state index contributed by atoms with van der Waals surface area (Å²) in [6.07, 6.45) is 4.46. The lowest BCUT2D eigenvalue weighted by molar-refractivity contribution is -0.128. The van der Waals surface area contributed by atoms with Gasteiger partial charge in [-0.25, -0.2) is 0 Å². The average Bonchev–Trinajstić information content (AvgIpc) is 2.79. The number of carbonyl (C=O) groups excluding carboxylic acids is 3. The first-order chi connectivity index (χ1) is 14.9. The predicted molar refractivity (Wildman–Crippen MR) is 119 cm³/mol. The molecule has 3 amide bonds. The van der Waals surface area contributed by atoms with E-state index in [0.717, 1.165) is 31.2 Å². The molecule has 0 unspecified atom stereocenters. The molecular formula is C24H29N3O4. The number of aryl methyl sites for hydroxylation is 1. The zero-order valence-electron chi connectivity index (χ0n) is 17.9.